The van der Waals surface area contributed by atoms with Crippen molar-refractivity contribution in [2.45, 2.75) is 45.0 Å². The molecule has 1 saturated carbocycles. The van der Waals surface area contributed by atoms with Gasteiger partial charge in [0, 0.05) is 12.3 Å². The van der Waals surface area contributed by atoms with Crippen molar-refractivity contribution >= 4 is 17.7 Å². The third-order valence-electron chi connectivity index (χ3n) is 6.80. The van der Waals surface area contributed by atoms with E-state index < -0.39 is 41.1 Å². The number of aliphatic hydroxyl groups is 1. The summed E-state index contributed by atoms with van der Waals surface area (Å²) in [6.45, 7) is 3.76. The first-order valence-corrected chi connectivity index (χ1v) is 12.7. The predicted octanol–water partition coefficient (Wildman–Crippen LogP) is 4.61. The highest BCUT2D eigenvalue weighted by Crippen LogP contribution is 2.47. The molecule has 1 fully saturated rings. The third-order valence-corrected chi connectivity index (χ3v) is 6.80. The van der Waals surface area contributed by atoms with Gasteiger partial charge in [-0.1, -0.05) is 72.8 Å². The second-order valence-electron chi connectivity index (χ2n) is 9.67. The molecule has 0 heterocycles. The minimum atomic E-state index is -1.73. The zero-order valence-corrected chi connectivity index (χ0v) is 21.5. The second-order valence-corrected chi connectivity index (χ2v) is 9.67. The molecule has 4 rings (SSSR count). The highest BCUT2D eigenvalue weighted by atomic mass is 16.5. The minimum absolute atomic E-state index is 0.000677. The molecule has 7 nitrogen and oxygen atoms in total. The standard InChI is InChI=1S/C31H32O7/c1-3-36-24-16-14-23(15-17-24)26-27(29(33)37-19-21-10-6-4-7-11-21)25(32)18-31(2,35)28(26)30(34)38-20-22-12-8-5-9-13-22/h4-17,26-28,35H,3,18-20H2,1-2H3/t26-,27-,28-,31-/m1/s1. The summed E-state index contributed by atoms with van der Waals surface area (Å²) in [4.78, 5) is 40.2. The lowest BCUT2D eigenvalue weighted by Gasteiger charge is -2.43. The average molecular weight is 517 g/mol. The van der Waals surface area contributed by atoms with Gasteiger partial charge < -0.3 is 19.3 Å². The lowest BCUT2D eigenvalue weighted by molar-refractivity contribution is -0.174. The summed E-state index contributed by atoms with van der Waals surface area (Å²) in [5, 5.41) is 11.4. The van der Waals surface area contributed by atoms with Crippen LogP contribution >= 0.6 is 0 Å². The fraction of sp³-hybridized carbons (Fsp3) is 0.323. The summed E-state index contributed by atoms with van der Waals surface area (Å²) >= 11 is 0. The third kappa shape index (κ3) is 6.29. The molecule has 0 radical (unpaired) electrons. The average Bonchev–Trinajstić information content (AvgIpc) is 2.91. The van der Waals surface area contributed by atoms with Crippen molar-refractivity contribution in [2.75, 3.05) is 6.61 Å². The summed E-state index contributed by atoms with van der Waals surface area (Å²) in [5.74, 6) is -4.77. The molecule has 198 valence electrons. The van der Waals surface area contributed by atoms with E-state index in [1.54, 1.807) is 24.3 Å². The van der Waals surface area contributed by atoms with E-state index in [9.17, 15) is 19.5 Å². The molecule has 0 saturated heterocycles. The van der Waals surface area contributed by atoms with Crippen LogP contribution in [0.15, 0.2) is 84.9 Å². The van der Waals surface area contributed by atoms with Crippen molar-refractivity contribution < 1.29 is 33.7 Å². The molecule has 0 aromatic heterocycles. The number of rotatable bonds is 9. The van der Waals surface area contributed by atoms with Crippen molar-refractivity contribution in [3.63, 3.8) is 0 Å². The molecular formula is C31H32O7. The Morgan fingerprint density at radius 3 is 1.89 bits per heavy atom. The van der Waals surface area contributed by atoms with E-state index in [1.807, 2.05) is 67.6 Å². The first kappa shape index (κ1) is 27.1. The predicted molar refractivity (Wildman–Crippen MR) is 140 cm³/mol. The lowest BCUT2D eigenvalue weighted by atomic mass is 9.61. The summed E-state index contributed by atoms with van der Waals surface area (Å²) in [6, 6.07) is 25.1. The van der Waals surface area contributed by atoms with E-state index in [2.05, 4.69) is 0 Å². The molecule has 3 aromatic rings. The Kier molecular flexibility index (Phi) is 8.59. The van der Waals surface area contributed by atoms with Crippen LogP contribution in [0.5, 0.6) is 5.75 Å². The van der Waals surface area contributed by atoms with Crippen molar-refractivity contribution in [1.29, 1.82) is 0 Å². The number of benzene rings is 3. The number of ketones is 1. The molecule has 1 aliphatic carbocycles. The number of esters is 2. The van der Waals surface area contributed by atoms with Gasteiger partial charge in [-0.3, -0.25) is 14.4 Å². The van der Waals surface area contributed by atoms with Crippen LogP contribution < -0.4 is 4.74 Å². The second kappa shape index (κ2) is 12.0. The normalized spacial score (nSPS) is 22.9. The Hall–Kier alpha value is -3.97. The van der Waals surface area contributed by atoms with Gasteiger partial charge in [0.15, 0.2) is 5.78 Å². The Morgan fingerprint density at radius 1 is 0.842 bits per heavy atom. The quantitative estimate of drug-likeness (QED) is 0.327. The Morgan fingerprint density at radius 2 is 1.37 bits per heavy atom. The van der Waals surface area contributed by atoms with Gasteiger partial charge >= 0.3 is 11.9 Å². The first-order valence-electron chi connectivity index (χ1n) is 12.7. The molecule has 7 heteroatoms. The number of hydrogen-bond acceptors (Lipinski definition) is 7. The lowest BCUT2D eigenvalue weighted by Crippen LogP contribution is -2.55. The highest BCUT2D eigenvalue weighted by Gasteiger charge is 2.57. The smallest absolute Gasteiger partial charge is 0.317 e. The van der Waals surface area contributed by atoms with E-state index in [-0.39, 0.29) is 19.6 Å². The van der Waals surface area contributed by atoms with Crippen LogP contribution in [0.4, 0.5) is 0 Å². The number of carbonyl (C=O) groups excluding carboxylic acids is 3. The minimum Gasteiger partial charge on any atom is -0.494 e. The van der Waals surface area contributed by atoms with Gasteiger partial charge in [0.2, 0.25) is 0 Å². The molecule has 4 atom stereocenters. The van der Waals surface area contributed by atoms with Gasteiger partial charge in [-0.15, -0.1) is 0 Å². The van der Waals surface area contributed by atoms with Crippen molar-refractivity contribution in [1.82, 2.24) is 0 Å². The zero-order valence-electron chi connectivity index (χ0n) is 21.5. The molecule has 0 bridgehead atoms. The van der Waals surface area contributed by atoms with Crippen LogP contribution in [0.1, 0.15) is 42.9 Å². The molecule has 1 N–H and O–H groups in total. The molecule has 0 amide bonds. The molecule has 0 unspecified atom stereocenters. The van der Waals surface area contributed by atoms with Crippen LogP contribution in [0.3, 0.4) is 0 Å². The van der Waals surface area contributed by atoms with Gasteiger partial charge in [-0.25, -0.2) is 0 Å². The molecular weight excluding hydrogens is 484 g/mol. The topological polar surface area (TPSA) is 99.1 Å². The summed E-state index contributed by atoms with van der Waals surface area (Å²) in [5.41, 5.74) is 0.353. The zero-order chi connectivity index (χ0) is 27.1. The van der Waals surface area contributed by atoms with Crippen molar-refractivity contribution in [3.05, 3.63) is 102 Å². The van der Waals surface area contributed by atoms with E-state index in [1.165, 1.54) is 6.92 Å². The van der Waals surface area contributed by atoms with Gasteiger partial charge in [-0.2, -0.15) is 0 Å². The fourth-order valence-electron chi connectivity index (χ4n) is 5.01. The molecule has 0 spiro atoms. The van der Waals surface area contributed by atoms with Gasteiger partial charge in [0.1, 0.15) is 24.9 Å². The number of Topliss-reactive ketones (excluding diaryl/α,β-unsaturated/α-hetero) is 1. The molecule has 1 aliphatic rings. The SMILES string of the molecule is CCOc1ccc([C@@H]2[C@H](C(=O)OCc3ccccc3)C(=O)C[C@@](C)(O)[C@H]2C(=O)OCc2ccccc2)cc1. The summed E-state index contributed by atoms with van der Waals surface area (Å²) < 4.78 is 16.7. The monoisotopic (exact) mass is 516 g/mol. The van der Waals surface area contributed by atoms with Crippen LogP contribution in [0.25, 0.3) is 0 Å². The largest absolute Gasteiger partial charge is 0.494 e. The van der Waals surface area contributed by atoms with E-state index >= 15 is 0 Å². The Balaban J connectivity index is 1.67. The van der Waals surface area contributed by atoms with E-state index in [0.717, 1.165) is 11.1 Å². The maximum absolute atomic E-state index is 13.5. The van der Waals surface area contributed by atoms with Crippen LogP contribution in [-0.2, 0) is 37.1 Å². The molecule has 38 heavy (non-hydrogen) atoms. The Labute approximate surface area is 222 Å². The molecule has 0 aliphatic heterocycles. The molecule has 3 aromatic carbocycles. The van der Waals surface area contributed by atoms with Crippen LogP contribution in [0.2, 0.25) is 0 Å². The van der Waals surface area contributed by atoms with E-state index in [0.29, 0.717) is 17.9 Å². The van der Waals surface area contributed by atoms with Gasteiger partial charge in [-0.05, 0) is 42.7 Å². The number of carbonyl (C=O) groups is 3. The van der Waals surface area contributed by atoms with E-state index in [4.69, 9.17) is 14.2 Å². The first-order chi connectivity index (χ1) is 18.3. The van der Waals surface area contributed by atoms with Crippen molar-refractivity contribution in [3.8, 4) is 5.75 Å². The maximum Gasteiger partial charge on any atom is 0.317 e. The Bertz CT molecular complexity index is 1240. The fourth-order valence-corrected chi connectivity index (χ4v) is 5.01. The van der Waals surface area contributed by atoms with Crippen LogP contribution in [-0.4, -0.2) is 35.0 Å². The number of hydrogen-bond donors (Lipinski definition) is 1. The van der Waals surface area contributed by atoms with Gasteiger partial charge in [0.25, 0.3) is 0 Å². The van der Waals surface area contributed by atoms with Gasteiger partial charge in [0.05, 0.1) is 18.1 Å². The number of ether oxygens (including phenoxy) is 3. The highest BCUT2D eigenvalue weighted by molar-refractivity contribution is 6.02. The maximum atomic E-state index is 13.5. The summed E-state index contributed by atoms with van der Waals surface area (Å²) in [7, 11) is 0. The van der Waals surface area contributed by atoms with Crippen molar-refractivity contribution in [2.24, 2.45) is 11.8 Å². The summed E-state index contributed by atoms with van der Waals surface area (Å²) in [6.07, 6.45) is -0.378. The van der Waals surface area contributed by atoms with Crippen LogP contribution in [0, 0.1) is 11.8 Å².